The van der Waals surface area contributed by atoms with Crippen LogP contribution >= 0.6 is 27.5 Å². The van der Waals surface area contributed by atoms with Crippen molar-refractivity contribution in [1.82, 2.24) is 10.2 Å². The molecule has 7 heteroatoms. The van der Waals surface area contributed by atoms with Gasteiger partial charge in [-0.05, 0) is 49.7 Å². The Morgan fingerprint density at radius 1 is 1.22 bits per heavy atom. The third-order valence-electron chi connectivity index (χ3n) is 3.92. The maximum atomic E-state index is 12.8. The number of nitrogens with zero attached hydrogens (tertiary/aromatic N) is 1. The standard InChI is InChI=1S/C20H22BrClN2O3/c1-3-23-20(26)14(2)24(12-15-6-4-7-16(21)10-15)19(25)13-27-18-9-5-8-17(22)11-18/h4-11,14H,3,12-13H2,1-2H3,(H,23,26). The number of benzene rings is 2. The predicted octanol–water partition coefficient (Wildman–Crippen LogP) is 4.03. The molecule has 0 saturated heterocycles. The zero-order valence-corrected chi connectivity index (χ0v) is 17.6. The van der Waals surface area contributed by atoms with E-state index < -0.39 is 6.04 Å². The molecule has 0 radical (unpaired) electrons. The molecule has 2 amide bonds. The van der Waals surface area contributed by atoms with E-state index >= 15 is 0 Å². The van der Waals surface area contributed by atoms with Gasteiger partial charge in [-0.15, -0.1) is 0 Å². The Balaban J connectivity index is 2.14. The van der Waals surface area contributed by atoms with Crippen molar-refractivity contribution in [2.24, 2.45) is 0 Å². The molecule has 144 valence electrons. The summed E-state index contributed by atoms with van der Waals surface area (Å²) in [6, 6.07) is 13.8. The topological polar surface area (TPSA) is 58.6 Å². The summed E-state index contributed by atoms with van der Waals surface area (Å²) in [4.78, 5) is 26.6. The summed E-state index contributed by atoms with van der Waals surface area (Å²) in [5.41, 5.74) is 0.914. The quantitative estimate of drug-likeness (QED) is 0.656. The zero-order valence-electron chi connectivity index (χ0n) is 15.2. The van der Waals surface area contributed by atoms with Crippen LogP contribution in [0.15, 0.2) is 53.0 Å². The van der Waals surface area contributed by atoms with Crippen molar-refractivity contribution in [2.45, 2.75) is 26.4 Å². The van der Waals surface area contributed by atoms with Crippen LogP contribution in [0, 0.1) is 0 Å². The van der Waals surface area contributed by atoms with E-state index in [0.717, 1.165) is 10.0 Å². The third kappa shape index (κ3) is 6.56. The molecule has 0 aliphatic carbocycles. The molecule has 27 heavy (non-hydrogen) atoms. The fourth-order valence-corrected chi connectivity index (χ4v) is 3.15. The smallest absolute Gasteiger partial charge is 0.261 e. The lowest BCUT2D eigenvalue weighted by Crippen LogP contribution is -2.49. The van der Waals surface area contributed by atoms with Gasteiger partial charge in [-0.2, -0.15) is 0 Å². The Kier molecular flexibility index (Phi) is 8.13. The molecular weight excluding hydrogens is 432 g/mol. The van der Waals surface area contributed by atoms with Crippen LogP contribution in [0.1, 0.15) is 19.4 Å². The number of rotatable bonds is 8. The molecule has 2 aromatic rings. The first kappa shape index (κ1) is 21.3. The van der Waals surface area contributed by atoms with Gasteiger partial charge in [0, 0.05) is 22.6 Å². The van der Waals surface area contributed by atoms with Crippen LogP contribution in [-0.2, 0) is 16.1 Å². The van der Waals surface area contributed by atoms with Gasteiger partial charge in [0.05, 0.1) is 0 Å². The number of amides is 2. The SMILES string of the molecule is CCNC(=O)C(C)N(Cc1cccc(Br)c1)C(=O)COc1cccc(Cl)c1. The summed E-state index contributed by atoms with van der Waals surface area (Å²) in [6.45, 7) is 4.17. The number of ether oxygens (including phenoxy) is 1. The number of hydrogen-bond donors (Lipinski definition) is 1. The lowest BCUT2D eigenvalue weighted by Gasteiger charge is -2.28. The highest BCUT2D eigenvalue weighted by atomic mass is 79.9. The van der Waals surface area contributed by atoms with Crippen LogP contribution in [0.4, 0.5) is 0 Å². The minimum absolute atomic E-state index is 0.182. The van der Waals surface area contributed by atoms with Crippen molar-refractivity contribution in [3.05, 3.63) is 63.6 Å². The molecule has 2 aromatic carbocycles. The Bertz CT molecular complexity index is 800. The van der Waals surface area contributed by atoms with Gasteiger partial charge < -0.3 is 15.0 Å². The maximum Gasteiger partial charge on any atom is 0.261 e. The summed E-state index contributed by atoms with van der Waals surface area (Å²) in [5.74, 6) is 0.0150. The molecule has 1 N–H and O–H groups in total. The molecule has 0 bridgehead atoms. The van der Waals surface area contributed by atoms with Crippen LogP contribution in [-0.4, -0.2) is 35.9 Å². The van der Waals surface area contributed by atoms with Crippen LogP contribution < -0.4 is 10.1 Å². The molecule has 5 nitrogen and oxygen atoms in total. The lowest BCUT2D eigenvalue weighted by molar-refractivity contribution is -0.142. The van der Waals surface area contributed by atoms with Gasteiger partial charge in [-0.25, -0.2) is 0 Å². The molecule has 0 aromatic heterocycles. The van der Waals surface area contributed by atoms with Crippen LogP contribution in [0.25, 0.3) is 0 Å². The fraction of sp³-hybridized carbons (Fsp3) is 0.300. The molecule has 1 atom stereocenters. The van der Waals surface area contributed by atoms with Crippen molar-refractivity contribution in [3.8, 4) is 5.75 Å². The fourth-order valence-electron chi connectivity index (χ4n) is 2.52. The predicted molar refractivity (Wildman–Crippen MR) is 110 cm³/mol. The second-order valence-electron chi connectivity index (χ2n) is 5.97. The summed E-state index contributed by atoms with van der Waals surface area (Å²) in [5, 5.41) is 3.29. The van der Waals surface area contributed by atoms with Gasteiger partial charge >= 0.3 is 0 Å². The molecule has 0 saturated carbocycles. The van der Waals surface area contributed by atoms with Gasteiger partial charge in [-0.3, -0.25) is 9.59 Å². The van der Waals surface area contributed by atoms with Gasteiger partial charge in [0.2, 0.25) is 5.91 Å². The Hall–Kier alpha value is -2.05. The molecule has 1 unspecified atom stereocenters. The molecular formula is C20H22BrClN2O3. The maximum absolute atomic E-state index is 12.8. The van der Waals surface area contributed by atoms with Crippen molar-refractivity contribution in [1.29, 1.82) is 0 Å². The van der Waals surface area contributed by atoms with E-state index in [0.29, 0.717) is 23.9 Å². The zero-order chi connectivity index (χ0) is 19.8. The third-order valence-corrected chi connectivity index (χ3v) is 4.65. The van der Waals surface area contributed by atoms with E-state index in [1.54, 1.807) is 31.2 Å². The minimum Gasteiger partial charge on any atom is -0.484 e. The molecule has 0 heterocycles. The average molecular weight is 454 g/mol. The van der Waals surface area contributed by atoms with Gasteiger partial charge in [0.25, 0.3) is 5.91 Å². The van der Waals surface area contributed by atoms with Crippen LogP contribution in [0.5, 0.6) is 5.75 Å². The first-order valence-electron chi connectivity index (χ1n) is 8.60. The molecule has 0 spiro atoms. The molecule has 0 aliphatic heterocycles. The normalized spacial score (nSPS) is 11.6. The van der Waals surface area contributed by atoms with Crippen molar-refractivity contribution < 1.29 is 14.3 Å². The summed E-state index contributed by atoms with van der Waals surface area (Å²) in [7, 11) is 0. The average Bonchev–Trinajstić information content (AvgIpc) is 2.64. The summed E-state index contributed by atoms with van der Waals surface area (Å²) >= 11 is 9.37. The highest BCUT2D eigenvalue weighted by Gasteiger charge is 2.26. The molecule has 0 fully saturated rings. The Labute approximate surface area is 172 Å². The number of nitrogens with one attached hydrogen (secondary N) is 1. The highest BCUT2D eigenvalue weighted by molar-refractivity contribution is 9.10. The van der Waals surface area contributed by atoms with E-state index in [1.165, 1.54) is 4.90 Å². The summed E-state index contributed by atoms with van der Waals surface area (Å²) < 4.78 is 6.47. The molecule has 0 aliphatic rings. The highest BCUT2D eigenvalue weighted by Crippen LogP contribution is 2.18. The number of hydrogen-bond acceptors (Lipinski definition) is 3. The van der Waals surface area contributed by atoms with Crippen LogP contribution in [0.2, 0.25) is 5.02 Å². The van der Waals surface area contributed by atoms with Crippen molar-refractivity contribution in [2.75, 3.05) is 13.2 Å². The minimum atomic E-state index is -0.626. The first-order chi connectivity index (χ1) is 12.9. The Morgan fingerprint density at radius 3 is 2.63 bits per heavy atom. The van der Waals surface area contributed by atoms with E-state index in [1.807, 2.05) is 31.2 Å². The number of likely N-dealkylation sites (N-methyl/N-ethyl adjacent to an activating group) is 1. The lowest BCUT2D eigenvalue weighted by atomic mass is 10.1. The largest absolute Gasteiger partial charge is 0.484 e. The van der Waals surface area contributed by atoms with E-state index in [9.17, 15) is 9.59 Å². The van der Waals surface area contributed by atoms with E-state index in [4.69, 9.17) is 16.3 Å². The first-order valence-corrected chi connectivity index (χ1v) is 9.77. The monoisotopic (exact) mass is 452 g/mol. The van der Waals surface area contributed by atoms with Gasteiger partial charge in [0.1, 0.15) is 11.8 Å². The van der Waals surface area contributed by atoms with Crippen molar-refractivity contribution >= 4 is 39.3 Å². The molecule has 2 rings (SSSR count). The number of carbonyl (C=O) groups excluding carboxylic acids is 2. The number of carbonyl (C=O) groups is 2. The van der Waals surface area contributed by atoms with Gasteiger partial charge in [0.15, 0.2) is 6.61 Å². The van der Waals surface area contributed by atoms with Crippen molar-refractivity contribution in [3.63, 3.8) is 0 Å². The second kappa shape index (κ2) is 10.3. The van der Waals surface area contributed by atoms with E-state index in [-0.39, 0.29) is 18.4 Å². The summed E-state index contributed by atoms with van der Waals surface area (Å²) in [6.07, 6.45) is 0. The second-order valence-corrected chi connectivity index (χ2v) is 7.32. The number of halogens is 2. The van der Waals surface area contributed by atoms with E-state index in [2.05, 4.69) is 21.2 Å². The Morgan fingerprint density at radius 2 is 1.96 bits per heavy atom. The van der Waals surface area contributed by atoms with Gasteiger partial charge in [-0.1, -0.05) is 45.7 Å². The van der Waals surface area contributed by atoms with Crippen LogP contribution in [0.3, 0.4) is 0 Å².